The third-order valence-electron chi connectivity index (χ3n) is 4.98. The SMILES string of the molecule is CN(C)C1(CN=C(N)Nc2cccc3c2CCCC3)CC1. The van der Waals surface area contributed by atoms with Crippen LogP contribution in [0.25, 0.3) is 0 Å². The molecule has 0 atom stereocenters. The maximum absolute atomic E-state index is 6.09. The van der Waals surface area contributed by atoms with Crippen LogP contribution in [0.3, 0.4) is 0 Å². The molecule has 21 heavy (non-hydrogen) atoms. The molecule has 4 heteroatoms. The van der Waals surface area contributed by atoms with Crippen LogP contribution in [-0.4, -0.2) is 37.0 Å². The zero-order valence-electron chi connectivity index (χ0n) is 13.2. The highest BCUT2D eigenvalue weighted by Crippen LogP contribution is 2.40. The molecule has 114 valence electrons. The maximum atomic E-state index is 6.09. The molecule has 0 radical (unpaired) electrons. The fourth-order valence-electron chi connectivity index (χ4n) is 3.20. The molecule has 3 rings (SSSR count). The van der Waals surface area contributed by atoms with Gasteiger partial charge in [0.05, 0.1) is 6.54 Å². The highest BCUT2D eigenvalue weighted by molar-refractivity contribution is 5.93. The maximum Gasteiger partial charge on any atom is 0.193 e. The van der Waals surface area contributed by atoms with Crippen molar-refractivity contribution in [1.29, 1.82) is 0 Å². The fraction of sp³-hybridized carbons (Fsp3) is 0.588. The molecule has 3 N–H and O–H groups in total. The average molecular weight is 286 g/mol. The van der Waals surface area contributed by atoms with Crippen molar-refractivity contribution in [3.05, 3.63) is 29.3 Å². The molecule has 1 aromatic carbocycles. The Bertz CT molecular complexity index is 544. The van der Waals surface area contributed by atoms with Gasteiger partial charge in [-0.3, -0.25) is 4.99 Å². The Morgan fingerprint density at radius 1 is 1.29 bits per heavy atom. The Morgan fingerprint density at radius 3 is 2.76 bits per heavy atom. The smallest absolute Gasteiger partial charge is 0.193 e. The summed E-state index contributed by atoms with van der Waals surface area (Å²) < 4.78 is 0. The molecule has 0 aliphatic heterocycles. The molecule has 0 bridgehead atoms. The summed E-state index contributed by atoms with van der Waals surface area (Å²) in [5.74, 6) is 0.544. The van der Waals surface area contributed by atoms with Crippen LogP contribution in [0, 0.1) is 0 Å². The van der Waals surface area contributed by atoms with Crippen LogP contribution in [0.4, 0.5) is 5.69 Å². The number of nitrogens with two attached hydrogens (primary N) is 1. The van der Waals surface area contributed by atoms with E-state index in [9.17, 15) is 0 Å². The molecule has 2 aliphatic rings. The standard InChI is InChI=1S/C17H26N4/c1-21(2)17(10-11-17)12-19-16(18)20-15-9-5-7-13-6-3-4-8-14(13)15/h5,7,9H,3-4,6,8,10-12H2,1-2H3,(H3,18,19,20). The van der Waals surface area contributed by atoms with E-state index in [0.29, 0.717) is 5.96 Å². The lowest BCUT2D eigenvalue weighted by molar-refractivity contribution is 0.279. The number of aliphatic imine (C=N–C) groups is 1. The van der Waals surface area contributed by atoms with E-state index in [0.717, 1.165) is 18.7 Å². The van der Waals surface area contributed by atoms with Crippen molar-refractivity contribution in [3.8, 4) is 0 Å². The van der Waals surface area contributed by atoms with E-state index in [1.165, 1.54) is 43.2 Å². The number of hydrogen-bond donors (Lipinski definition) is 2. The van der Waals surface area contributed by atoms with Gasteiger partial charge in [0.15, 0.2) is 5.96 Å². The summed E-state index contributed by atoms with van der Waals surface area (Å²) in [6.45, 7) is 0.786. The number of nitrogens with zero attached hydrogens (tertiary/aromatic N) is 2. The Hall–Kier alpha value is -1.55. The van der Waals surface area contributed by atoms with Gasteiger partial charge < -0.3 is 16.0 Å². The van der Waals surface area contributed by atoms with Gasteiger partial charge in [0, 0.05) is 11.2 Å². The molecule has 4 nitrogen and oxygen atoms in total. The summed E-state index contributed by atoms with van der Waals surface area (Å²) in [6, 6.07) is 6.46. The summed E-state index contributed by atoms with van der Waals surface area (Å²) >= 11 is 0. The van der Waals surface area contributed by atoms with Crippen LogP contribution in [-0.2, 0) is 12.8 Å². The van der Waals surface area contributed by atoms with Crippen molar-refractivity contribution in [3.63, 3.8) is 0 Å². The van der Waals surface area contributed by atoms with E-state index in [1.807, 2.05) is 0 Å². The van der Waals surface area contributed by atoms with Gasteiger partial charge in [-0.25, -0.2) is 0 Å². The Morgan fingerprint density at radius 2 is 2.05 bits per heavy atom. The van der Waals surface area contributed by atoms with Crippen LogP contribution >= 0.6 is 0 Å². The molecule has 0 amide bonds. The molecule has 0 unspecified atom stereocenters. The first kappa shape index (κ1) is 14.4. The number of nitrogens with one attached hydrogen (secondary N) is 1. The second-order valence-electron chi connectivity index (χ2n) is 6.60. The first-order chi connectivity index (χ1) is 10.1. The third kappa shape index (κ3) is 3.05. The summed E-state index contributed by atoms with van der Waals surface area (Å²) in [4.78, 5) is 6.84. The number of likely N-dealkylation sites (N-methyl/N-ethyl adjacent to an activating group) is 1. The van der Waals surface area contributed by atoms with E-state index < -0.39 is 0 Å². The molecule has 0 spiro atoms. The van der Waals surface area contributed by atoms with Crippen LogP contribution in [0.5, 0.6) is 0 Å². The first-order valence-corrected chi connectivity index (χ1v) is 7.96. The highest BCUT2D eigenvalue weighted by Gasteiger charge is 2.44. The van der Waals surface area contributed by atoms with E-state index >= 15 is 0 Å². The average Bonchev–Trinajstić information content (AvgIpc) is 3.27. The number of hydrogen-bond acceptors (Lipinski definition) is 2. The van der Waals surface area contributed by atoms with Gasteiger partial charge in [-0.05, 0) is 69.8 Å². The monoisotopic (exact) mass is 286 g/mol. The molecule has 2 aliphatic carbocycles. The van der Waals surface area contributed by atoms with Gasteiger partial charge in [-0.15, -0.1) is 0 Å². The Labute approximate surface area is 127 Å². The lowest BCUT2D eigenvalue weighted by atomic mass is 9.90. The van der Waals surface area contributed by atoms with Crippen molar-refractivity contribution in [1.82, 2.24) is 4.90 Å². The fourth-order valence-corrected chi connectivity index (χ4v) is 3.20. The number of aryl methyl sites for hydroxylation is 1. The van der Waals surface area contributed by atoms with Gasteiger partial charge in [-0.1, -0.05) is 12.1 Å². The largest absolute Gasteiger partial charge is 0.370 e. The zero-order chi connectivity index (χ0) is 14.9. The summed E-state index contributed by atoms with van der Waals surface area (Å²) in [5, 5.41) is 3.32. The minimum atomic E-state index is 0.252. The van der Waals surface area contributed by atoms with E-state index in [-0.39, 0.29) is 5.54 Å². The van der Waals surface area contributed by atoms with Crippen molar-refractivity contribution < 1.29 is 0 Å². The number of fused-ring (bicyclic) bond motifs is 1. The minimum Gasteiger partial charge on any atom is -0.370 e. The lowest BCUT2D eigenvalue weighted by Crippen LogP contribution is -2.34. The highest BCUT2D eigenvalue weighted by atomic mass is 15.2. The van der Waals surface area contributed by atoms with Crippen molar-refractivity contribution in [2.75, 3.05) is 26.0 Å². The second kappa shape index (κ2) is 5.68. The predicted molar refractivity (Wildman–Crippen MR) is 88.8 cm³/mol. The topological polar surface area (TPSA) is 53.6 Å². The van der Waals surface area contributed by atoms with Gasteiger partial charge in [-0.2, -0.15) is 0 Å². The Balaban J connectivity index is 1.69. The third-order valence-corrected chi connectivity index (χ3v) is 4.98. The molecular weight excluding hydrogens is 260 g/mol. The van der Waals surface area contributed by atoms with Crippen LogP contribution in [0.15, 0.2) is 23.2 Å². The molecule has 0 saturated heterocycles. The van der Waals surface area contributed by atoms with Crippen molar-refractivity contribution in [2.24, 2.45) is 10.7 Å². The quantitative estimate of drug-likeness (QED) is 0.660. The second-order valence-corrected chi connectivity index (χ2v) is 6.60. The van der Waals surface area contributed by atoms with Gasteiger partial charge in [0.2, 0.25) is 0 Å². The molecule has 1 aromatic rings. The predicted octanol–water partition coefficient (Wildman–Crippen LogP) is 2.39. The normalized spacial score (nSPS) is 20.2. The van der Waals surface area contributed by atoms with Crippen LogP contribution in [0.2, 0.25) is 0 Å². The molecule has 0 aromatic heterocycles. The summed E-state index contributed by atoms with van der Waals surface area (Å²) in [6.07, 6.45) is 7.34. The Kier molecular flexibility index (Phi) is 3.89. The van der Waals surface area contributed by atoms with Gasteiger partial charge in [0.25, 0.3) is 0 Å². The van der Waals surface area contributed by atoms with Gasteiger partial charge >= 0.3 is 0 Å². The van der Waals surface area contributed by atoms with E-state index in [2.05, 4.69) is 47.5 Å². The lowest BCUT2D eigenvalue weighted by Gasteiger charge is -2.22. The first-order valence-electron chi connectivity index (χ1n) is 7.96. The number of benzene rings is 1. The minimum absolute atomic E-state index is 0.252. The number of anilines is 1. The number of rotatable bonds is 4. The molecule has 1 fully saturated rings. The van der Waals surface area contributed by atoms with E-state index in [1.54, 1.807) is 0 Å². The van der Waals surface area contributed by atoms with Crippen LogP contribution in [0.1, 0.15) is 36.8 Å². The van der Waals surface area contributed by atoms with Gasteiger partial charge in [0.1, 0.15) is 0 Å². The van der Waals surface area contributed by atoms with Crippen molar-refractivity contribution >= 4 is 11.6 Å². The summed E-state index contributed by atoms with van der Waals surface area (Å²) in [5.41, 5.74) is 10.4. The number of guanidine groups is 1. The zero-order valence-corrected chi connectivity index (χ0v) is 13.2. The molecular formula is C17H26N4. The van der Waals surface area contributed by atoms with Crippen LogP contribution < -0.4 is 11.1 Å². The molecule has 1 saturated carbocycles. The van der Waals surface area contributed by atoms with E-state index in [4.69, 9.17) is 5.73 Å². The molecule has 0 heterocycles. The van der Waals surface area contributed by atoms with Crippen molar-refractivity contribution in [2.45, 2.75) is 44.1 Å². The summed E-state index contributed by atoms with van der Waals surface area (Å²) in [7, 11) is 4.25.